The normalized spacial score (nSPS) is 21.6. The number of thioether (sulfide) groups is 1. The SMILES string of the molecule is Cc1cccc(CSc2nnc(N3C(N)=C(C#N)C4(C(=O)Nc5ccccc54)C4=C3CC(C)(C)CC4=O)s2)c1. The summed E-state index contributed by atoms with van der Waals surface area (Å²) in [7, 11) is 0. The van der Waals surface area contributed by atoms with Gasteiger partial charge in [-0.2, -0.15) is 5.26 Å². The fourth-order valence-electron chi connectivity index (χ4n) is 5.89. The molecule has 0 bridgehead atoms. The average molecular weight is 555 g/mol. The molecule has 8 nitrogen and oxygen atoms in total. The number of ketones is 1. The number of carbonyl (C=O) groups excluding carboxylic acids is 2. The number of amides is 1. The molecule has 6 rings (SSSR count). The smallest absolute Gasteiger partial charge is 0.245 e. The van der Waals surface area contributed by atoms with E-state index in [1.807, 2.05) is 26.0 Å². The Hall–Kier alpha value is -3.94. The van der Waals surface area contributed by atoms with Gasteiger partial charge in [-0.1, -0.05) is 85.0 Å². The highest BCUT2D eigenvalue weighted by Gasteiger charge is 2.61. The van der Waals surface area contributed by atoms with Crippen molar-refractivity contribution in [3.05, 3.63) is 87.9 Å². The van der Waals surface area contributed by atoms with Crippen LogP contribution in [0.1, 0.15) is 43.4 Å². The van der Waals surface area contributed by atoms with E-state index in [2.05, 4.69) is 46.7 Å². The van der Waals surface area contributed by atoms with Gasteiger partial charge < -0.3 is 11.1 Å². The molecule has 1 aliphatic carbocycles. The number of para-hydroxylation sites is 1. The summed E-state index contributed by atoms with van der Waals surface area (Å²) in [6, 6.07) is 17.7. The number of Topliss-reactive ketones (excluding diaryl/α,β-unsaturated/α-hetero) is 1. The van der Waals surface area contributed by atoms with Crippen molar-refractivity contribution in [1.82, 2.24) is 10.2 Å². The van der Waals surface area contributed by atoms with E-state index < -0.39 is 11.3 Å². The number of benzene rings is 2. The molecule has 1 amide bonds. The molecule has 0 saturated heterocycles. The zero-order valence-electron chi connectivity index (χ0n) is 21.7. The van der Waals surface area contributed by atoms with Gasteiger partial charge in [0.05, 0.1) is 5.57 Å². The van der Waals surface area contributed by atoms with Crippen molar-refractivity contribution in [2.75, 3.05) is 10.2 Å². The van der Waals surface area contributed by atoms with E-state index in [0.29, 0.717) is 34.1 Å². The van der Waals surface area contributed by atoms with Crippen molar-refractivity contribution in [2.24, 2.45) is 11.1 Å². The Morgan fingerprint density at radius 1 is 1.15 bits per heavy atom. The van der Waals surface area contributed by atoms with Crippen molar-refractivity contribution in [1.29, 1.82) is 5.26 Å². The first-order chi connectivity index (χ1) is 18.7. The highest BCUT2D eigenvalue weighted by atomic mass is 32.2. The van der Waals surface area contributed by atoms with Gasteiger partial charge in [-0.3, -0.25) is 14.5 Å². The van der Waals surface area contributed by atoms with Crippen LogP contribution in [0.25, 0.3) is 0 Å². The van der Waals surface area contributed by atoms with Gasteiger partial charge in [-0.05, 0) is 30.4 Å². The molecular formula is C29H26N6O2S2. The van der Waals surface area contributed by atoms with Crippen LogP contribution in [0.2, 0.25) is 0 Å². The van der Waals surface area contributed by atoms with Crippen molar-refractivity contribution in [3.63, 3.8) is 0 Å². The Labute approximate surface area is 234 Å². The van der Waals surface area contributed by atoms with Gasteiger partial charge in [0.25, 0.3) is 0 Å². The third kappa shape index (κ3) is 3.87. The minimum atomic E-state index is -1.59. The number of fused-ring (bicyclic) bond motifs is 3. The molecule has 0 fully saturated rings. The third-order valence-electron chi connectivity index (χ3n) is 7.43. The van der Waals surface area contributed by atoms with E-state index in [1.165, 1.54) is 22.5 Å². The van der Waals surface area contributed by atoms with E-state index in [9.17, 15) is 14.9 Å². The third-order valence-corrected chi connectivity index (χ3v) is 9.55. The summed E-state index contributed by atoms with van der Waals surface area (Å²) in [5.74, 6) is 0.219. The van der Waals surface area contributed by atoms with Crippen LogP contribution in [0.15, 0.2) is 75.5 Å². The maximum atomic E-state index is 13.9. The lowest BCUT2D eigenvalue weighted by Gasteiger charge is -2.45. The summed E-state index contributed by atoms with van der Waals surface area (Å²) in [5, 5.41) is 22.6. The number of nitrogens with zero attached hydrogens (tertiary/aromatic N) is 4. The maximum Gasteiger partial charge on any atom is 0.245 e. The minimum Gasteiger partial charge on any atom is -0.384 e. The zero-order valence-corrected chi connectivity index (χ0v) is 23.4. The number of aromatic nitrogens is 2. The molecule has 2 aromatic carbocycles. The lowest BCUT2D eigenvalue weighted by Crippen LogP contribution is -2.52. The van der Waals surface area contributed by atoms with Gasteiger partial charge in [0.2, 0.25) is 11.0 Å². The number of nitriles is 1. The van der Waals surface area contributed by atoms with Crippen LogP contribution in [0, 0.1) is 23.7 Å². The van der Waals surface area contributed by atoms with Crippen molar-refractivity contribution < 1.29 is 9.59 Å². The number of hydrogen-bond acceptors (Lipinski definition) is 9. The molecule has 10 heteroatoms. The second kappa shape index (κ2) is 9.07. The van der Waals surface area contributed by atoms with Crippen LogP contribution in [-0.2, 0) is 20.8 Å². The van der Waals surface area contributed by atoms with Crippen LogP contribution in [0.4, 0.5) is 10.8 Å². The molecule has 2 aliphatic heterocycles. The molecule has 0 radical (unpaired) electrons. The number of allylic oxidation sites excluding steroid dienone is 1. The maximum absolute atomic E-state index is 13.9. The molecule has 3 aromatic rings. The van der Waals surface area contributed by atoms with Crippen LogP contribution in [0.5, 0.6) is 0 Å². The number of rotatable bonds is 4. The van der Waals surface area contributed by atoms with Gasteiger partial charge in [0.15, 0.2) is 10.1 Å². The Balaban J connectivity index is 1.49. The summed E-state index contributed by atoms with van der Waals surface area (Å²) < 4.78 is 0.741. The van der Waals surface area contributed by atoms with Gasteiger partial charge in [-0.15, -0.1) is 10.2 Å². The van der Waals surface area contributed by atoms with Gasteiger partial charge in [0.1, 0.15) is 17.3 Å². The predicted molar refractivity (Wildman–Crippen MR) is 152 cm³/mol. The number of anilines is 2. The lowest BCUT2D eigenvalue weighted by atomic mass is 9.61. The molecule has 1 atom stereocenters. The predicted octanol–water partition coefficient (Wildman–Crippen LogP) is 5.19. The fraction of sp³-hybridized carbons (Fsp3) is 0.276. The number of hydrogen-bond donors (Lipinski definition) is 2. The monoisotopic (exact) mass is 554 g/mol. The highest BCUT2D eigenvalue weighted by molar-refractivity contribution is 8.00. The van der Waals surface area contributed by atoms with Gasteiger partial charge in [0, 0.05) is 34.7 Å². The van der Waals surface area contributed by atoms with E-state index >= 15 is 0 Å². The molecule has 196 valence electrons. The molecule has 3 aliphatic rings. The van der Waals surface area contributed by atoms with Crippen molar-refractivity contribution >= 4 is 45.6 Å². The average Bonchev–Trinajstić information content (AvgIpc) is 3.45. The zero-order chi connectivity index (χ0) is 27.5. The first-order valence-electron chi connectivity index (χ1n) is 12.6. The number of aryl methyl sites for hydroxylation is 1. The summed E-state index contributed by atoms with van der Waals surface area (Å²) in [4.78, 5) is 29.4. The standard InChI is InChI=1S/C29H26N6O2S2/c1-16-7-6-8-17(11-16)15-38-27-34-33-26(39-27)35-21-12-28(2,3)13-22(36)23(21)29(19(14-30)24(35)31)18-9-4-5-10-20(18)32-25(29)37/h4-11H,12-13,15,31H2,1-3H3,(H,32,37). The molecule has 3 N–H and O–H groups in total. The fourth-order valence-corrected chi connectivity index (χ4v) is 7.71. The number of nitrogens with one attached hydrogen (secondary N) is 1. The second-order valence-electron chi connectivity index (χ2n) is 10.8. The van der Waals surface area contributed by atoms with Crippen LogP contribution in [-0.4, -0.2) is 21.9 Å². The molecule has 39 heavy (non-hydrogen) atoms. The summed E-state index contributed by atoms with van der Waals surface area (Å²) in [6.45, 7) is 6.10. The molecule has 0 saturated carbocycles. The van der Waals surface area contributed by atoms with Crippen LogP contribution < -0.4 is 16.0 Å². The Morgan fingerprint density at radius 2 is 1.95 bits per heavy atom. The minimum absolute atomic E-state index is 0.0286. The molecule has 1 aromatic heterocycles. The molecular weight excluding hydrogens is 528 g/mol. The first-order valence-corrected chi connectivity index (χ1v) is 14.4. The largest absolute Gasteiger partial charge is 0.384 e. The summed E-state index contributed by atoms with van der Waals surface area (Å²) in [5.41, 5.74) is 9.25. The van der Waals surface area contributed by atoms with Crippen LogP contribution in [0.3, 0.4) is 0 Å². The summed E-state index contributed by atoms with van der Waals surface area (Å²) in [6.07, 6.45) is 0.735. The van der Waals surface area contributed by atoms with E-state index in [1.54, 1.807) is 34.9 Å². The summed E-state index contributed by atoms with van der Waals surface area (Å²) >= 11 is 2.91. The second-order valence-corrected chi connectivity index (χ2v) is 13.0. The van der Waals surface area contributed by atoms with Gasteiger partial charge >= 0.3 is 0 Å². The molecule has 3 heterocycles. The Kier molecular flexibility index (Phi) is 5.90. The highest BCUT2D eigenvalue weighted by Crippen LogP contribution is 2.57. The Morgan fingerprint density at radius 3 is 2.72 bits per heavy atom. The van der Waals surface area contributed by atoms with E-state index in [0.717, 1.165) is 10.1 Å². The Bertz CT molecular complexity index is 1660. The van der Waals surface area contributed by atoms with E-state index in [4.69, 9.17) is 5.73 Å². The molecule has 1 spiro atoms. The quantitative estimate of drug-likeness (QED) is 0.423. The number of nitrogens with two attached hydrogens (primary N) is 1. The van der Waals surface area contributed by atoms with Crippen LogP contribution >= 0.6 is 23.1 Å². The molecule has 1 unspecified atom stereocenters. The van der Waals surface area contributed by atoms with E-state index in [-0.39, 0.29) is 29.0 Å². The topological polar surface area (TPSA) is 125 Å². The lowest BCUT2D eigenvalue weighted by molar-refractivity contribution is -0.123. The first kappa shape index (κ1) is 25.3. The van der Waals surface area contributed by atoms with Crippen molar-refractivity contribution in [3.8, 4) is 6.07 Å². The number of carbonyl (C=O) groups is 2. The van der Waals surface area contributed by atoms with Crippen molar-refractivity contribution in [2.45, 2.75) is 49.1 Å². The van der Waals surface area contributed by atoms with Gasteiger partial charge in [-0.25, -0.2) is 0 Å².